The fraction of sp³-hybridized carbons (Fsp3) is 0.200. The highest BCUT2D eigenvalue weighted by atomic mass is 19.1. The highest BCUT2D eigenvalue weighted by molar-refractivity contribution is 5.93. The lowest BCUT2D eigenvalue weighted by Gasteiger charge is -2.17. The summed E-state index contributed by atoms with van der Waals surface area (Å²) < 4.78 is 16.2. The fourth-order valence-electron chi connectivity index (χ4n) is 5.14. The van der Waals surface area contributed by atoms with Crippen LogP contribution in [-0.2, 0) is 17.6 Å². The number of hydrogen-bond acceptors (Lipinski definition) is 6. The topological polar surface area (TPSA) is 87.5 Å². The van der Waals surface area contributed by atoms with Crippen LogP contribution in [0.25, 0.3) is 28.0 Å². The summed E-state index contributed by atoms with van der Waals surface area (Å²) in [5.41, 5.74) is 7.31. The Bertz CT molecular complexity index is 1710. The van der Waals surface area contributed by atoms with E-state index in [0.29, 0.717) is 28.9 Å². The number of amides is 1. The minimum absolute atomic E-state index is 0.0983. The van der Waals surface area contributed by atoms with Gasteiger partial charge in [-0.3, -0.25) is 4.79 Å². The highest BCUT2D eigenvalue weighted by Crippen LogP contribution is 2.36. The van der Waals surface area contributed by atoms with Gasteiger partial charge in [-0.05, 0) is 86.6 Å². The van der Waals surface area contributed by atoms with E-state index in [-0.39, 0.29) is 11.6 Å². The Kier molecular flexibility index (Phi) is 6.28. The van der Waals surface area contributed by atoms with E-state index < -0.39 is 5.82 Å². The predicted octanol–water partition coefficient (Wildman–Crippen LogP) is 5.33. The number of nitrogens with one attached hydrogen (secondary N) is 2. The molecule has 0 radical (unpaired) electrons. The van der Waals surface area contributed by atoms with Crippen LogP contribution in [-0.4, -0.2) is 50.5 Å². The van der Waals surface area contributed by atoms with Crippen molar-refractivity contribution in [1.82, 2.24) is 24.5 Å². The molecule has 1 amide bonds. The molecule has 0 bridgehead atoms. The molecule has 9 heteroatoms. The van der Waals surface area contributed by atoms with Gasteiger partial charge in [-0.25, -0.2) is 18.9 Å². The molecule has 1 atom stereocenters. The van der Waals surface area contributed by atoms with Crippen LogP contribution in [0.3, 0.4) is 0 Å². The SMILES string of the molecule is CC(=O)Nc1cc(-c2nn3ccccc3c2-c2ccnc(Nc3ccc4c(c3)CC(N(C)C)C4)n2)ccc1F. The Morgan fingerprint density at radius 3 is 2.72 bits per heavy atom. The molecule has 8 nitrogen and oxygen atoms in total. The van der Waals surface area contributed by atoms with Crippen LogP contribution in [0, 0.1) is 5.82 Å². The number of benzene rings is 2. The largest absolute Gasteiger partial charge is 0.324 e. The minimum atomic E-state index is -0.515. The Hall–Kier alpha value is -4.63. The van der Waals surface area contributed by atoms with Crippen LogP contribution in [0.2, 0.25) is 0 Å². The van der Waals surface area contributed by atoms with Gasteiger partial charge in [0.1, 0.15) is 11.5 Å². The van der Waals surface area contributed by atoms with E-state index in [0.717, 1.165) is 29.6 Å². The Labute approximate surface area is 225 Å². The third-order valence-corrected chi connectivity index (χ3v) is 7.11. The number of halogens is 1. The molecule has 1 unspecified atom stereocenters. The maximum Gasteiger partial charge on any atom is 0.227 e. The number of likely N-dealkylation sites (N-methyl/N-ethyl adjacent to an activating group) is 1. The van der Waals surface area contributed by atoms with Crippen molar-refractivity contribution >= 4 is 28.7 Å². The second-order valence-electron chi connectivity index (χ2n) is 10.0. The zero-order valence-corrected chi connectivity index (χ0v) is 21.9. The standard InChI is InChI=1S/C30H28FN7O/c1-18(39)33-26-17-20(8-10-24(26)31)29-28(27-6-4-5-13-38(27)36-29)25-11-12-32-30(35-25)34-22-9-7-19-15-23(37(2)3)16-21(19)14-22/h4-14,17,23H,15-16H2,1-3H3,(H,33,39)(H,32,34,35). The smallest absolute Gasteiger partial charge is 0.227 e. The molecule has 3 aromatic heterocycles. The van der Waals surface area contributed by atoms with Gasteiger partial charge in [0, 0.05) is 36.6 Å². The zero-order valence-electron chi connectivity index (χ0n) is 21.9. The lowest BCUT2D eigenvalue weighted by molar-refractivity contribution is -0.114. The van der Waals surface area contributed by atoms with E-state index in [9.17, 15) is 9.18 Å². The number of pyridine rings is 1. The average Bonchev–Trinajstić information content (AvgIpc) is 3.52. The first-order valence-corrected chi connectivity index (χ1v) is 12.8. The average molecular weight is 522 g/mol. The molecule has 0 saturated heterocycles. The van der Waals surface area contributed by atoms with Crippen molar-refractivity contribution < 1.29 is 9.18 Å². The zero-order chi connectivity index (χ0) is 27.1. The van der Waals surface area contributed by atoms with Crippen molar-refractivity contribution in [3.05, 3.63) is 90.0 Å². The third kappa shape index (κ3) is 4.84. The van der Waals surface area contributed by atoms with Crippen molar-refractivity contribution in [3.8, 4) is 22.5 Å². The molecule has 0 aliphatic heterocycles. The van der Waals surface area contributed by atoms with E-state index in [1.807, 2.05) is 30.5 Å². The van der Waals surface area contributed by atoms with Crippen LogP contribution in [0.4, 0.5) is 21.7 Å². The Morgan fingerprint density at radius 2 is 1.90 bits per heavy atom. The van der Waals surface area contributed by atoms with Gasteiger partial charge in [0.25, 0.3) is 0 Å². The summed E-state index contributed by atoms with van der Waals surface area (Å²) in [6.45, 7) is 1.35. The van der Waals surface area contributed by atoms with Crippen molar-refractivity contribution in [2.75, 3.05) is 24.7 Å². The van der Waals surface area contributed by atoms with Crippen molar-refractivity contribution in [1.29, 1.82) is 0 Å². The molecule has 1 aliphatic rings. The number of hydrogen-bond donors (Lipinski definition) is 2. The maximum atomic E-state index is 14.4. The van der Waals surface area contributed by atoms with Crippen LogP contribution in [0.1, 0.15) is 18.1 Å². The van der Waals surface area contributed by atoms with Gasteiger partial charge in [-0.15, -0.1) is 0 Å². The second kappa shape index (κ2) is 9.92. The van der Waals surface area contributed by atoms with Gasteiger partial charge < -0.3 is 15.5 Å². The van der Waals surface area contributed by atoms with Gasteiger partial charge in [0.15, 0.2) is 0 Å². The molecule has 6 rings (SSSR count). The number of aromatic nitrogens is 4. The first kappa shape index (κ1) is 24.7. The predicted molar refractivity (Wildman–Crippen MR) is 151 cm³/mol. The number of carbonyl (C=O) groups is 1. The van der Waals surface area contributed by atoms with Crippen molar-refractivity contribution in [2.45, 2.75) is 25.8 Å². The molecule has 0 spiro atoms. The first-order valence-electron chi connectivity index (χ1n) is 12.8. The second-order valence-corrected chi connectivity index (χ2v) is 10.0. The van der Waals surface area contributed by atoms with Gasteiger partial charge in [-0.1, -0.05) is 12.1 Å². The summed E-state index contributed by atoms with van der Waals surface area (Å²) in [5.74, 6) is -0.399. The summed E-state index contributed by atoms with van der Waals surface area (Å²) in [4.78, 5) is 23.2. The number of nitrogens with zero attached hydrogens (tertiary/aromatic N) is 5. The molecular weight excluding hydrogens is 493 g/mol. The van der Waals surface area contributed by atoms with Crippen LogP contribution in [0.15, 0.2) is 73.1 Å². The summed E-state index contributed by atoms with van der Waals surface area (Å²) in [6, 6.07) is 19.1. The molecule has 39 heavy (non-hydrogen) atoms. The quantitative estimate of drug-likeness (QED) is 0.314. The Balaban J connectivity index is 1.38. The monoisotopic (exact) mass is 521 g/mol. The fourth-order valence-corrected chi connectivity index (χ4v) is 5.14. The number of rotatable bonds is 6. The van der Waals surface area contributed by atoms with E-state index in [1.54, 1.807) is 22.8 Å². The molecule has 3 heterocycles. The molecule has 2 N–H and O–H groups in total. The molecule has 0 fully saturated rings. The molecular formula is C30H28FN7O. The molecule has 2 aromatic carbocycles. The van der Waals surface area contributed by atoms with E-state index in [4.69, 9.17) is 10.1 Å². The number of carbonyl (C=O) groups excluding carboxylic acids is 1. The van der Waals surface area contributed by atoms with Gasteiger partial charge in [0.05, 0.1) is 22.5 Å². The third-order valence-electron chi connectivity index (χ3n) is 7.11. The summed E-state index contributed by atoms with van der Waals surface area (Å²) in [7, 11) is 4.24. The molecule has 5 aromatic rings. The number of anilines is 3. The van der Waals surface area contributed by atoms with Gasteiger partial charge in [-0.2, -0.15) is 5.10 Å². The van der Waals surface area contributed by atoms with Crippen molar-refractivity contribution in [3.63, 3.8) is 0 Å². The van der Waals surface area contributed by atoms with E-state index in [1.165, 1.54) is 24.1 Å². The lowest BCUT2D eigenvalue weighted by atomic mass is 10.0. The van der Waals surface area contributed by atoms with Crippen molar-refractivity contribution in [2.24, 2.45) is 0 Å². The van der Waals surface area contributed by atoms with Gasteiger partial charge in [0.2, 0.25) is 11.9 Å². The van der Waals surface area contributed by atoms with Crippen LogP contribution in [0.5, 0.6) is 0 Å². The lowest BCUT2D eigenvalue weighted by Crippen LogP contribution is -2.27. The molecule has 0 saturated carbocycles. The summed E-state index contributed by atoms with van der Waals surface area (Å²) >= 11 is 0. The summed E-state index contributed by atoms with van der Waals surface area (Å²) in [6.07, 6.45) is 5.64. The van der Waals surface area contributed by atoms with Crippen LogP contribution < -0.4 is 10.6 Å². The number of fused-ring (bicyclic) bond motifs is 2. The minimum Gasteiger partial charge on any atom is -0.324 e. The first-order chi connectivity index (χ1) is 18.9. The summed E-state index contributed by atoms with van der Waals surface area (Å²) in [5, 5.41) is 10.7. The highest BCUT2D eigenvalue weighted by Gasteiger charge is 2.23. The normalized spacial score (nSPS) is 14.5. The Morgan fingerprint density at radius 1 is 1.05 bits per heavy atom. The van der Waals surface area contributed by atoms with Crippen LogP contribution >= 0.6 is 0 Å². The van der Waals surface area contributed by atoms with Gasteiger partial charge >= 0.3 is 0 Å². The van der Waals surface area contributed by atoms with E-state index >= 15 is 0 Å². The molecule has 1 aliphatic carbocycles. The molecule has 196 valence electrons. The van der Waals surface area contributed by atoms with E-state index in [2.05, 4.69) is 52.8 Å². The maximum absolute atomic E-state index is 14.4.